The van der Waals surface area contributed by atoms with Crippen molar-refractivity contribution >= 4 is 23.2 Å². The first kappa shape index (κ1) is 48.9. The highest BCUT2D eigenvalue weighted by Gasteiger charge is 2.06. The summed E-state index contributed by atoms with van der Waals surface area (Å²) < 4.78 is 17.3. The van der Waals surface area contributed by atoms with Crippen molar-refractivity contribution in [2.24, 2.45) is 11.8 Å². The second kappa shape index (κ2) is 44.1. The molecule has 0 bridgehead atoms. The molecule has 0 fully saturated rings. The van der Waals surface area contributed by atoms with Crippen molar-refractivity contribution in [3.63, 3.8) is 0 Å². The van der Waals surface area contributed by atoms with E-state index < -0.39 is 0 Å². The third-order valence-corrected chi connectivity index (χ3v) is 10.3. The third-order valence-electron chi connectivity index (χ3n) is 9.78. The first-order chi connectivity index (χ1) is 24.3. The van der Waals surface area contributed by atoms with Gasteiger partial charge in [-0.2, -0.15) is 0 Å². The Morgan fingerprint density at radius 2 is 0.714 bits per heavy atom. The Morgan fingerprint density at radius 1 is 0.388 bits per heavy atom. The molecule has 5 heteroatoms. The Kier molecular flexibility index (Phi) is 44.0. The molecule has 0 amide bonds. The van der Waals surface area contributed by atoms with Gasteiger partial charge < -0.3 is 14.2 Å². The van der Waals surface area contributed by atoms with Gasteiger partial charge in [-0.3, -0.25) is 0 Å². The summed E-state index contributed by atoms with van der Waals surface area (Å²) >= 11 is 11.5. The van der Waals surface area contributed by atoms with Crippen LogP contribution in [0.1, 0.15) is 206 Å². The average Bonchev–Trinajstić information content (AvgIpc) is 3.11. The molecular formula is C44H84Cl2O3. The maximum Gasteiger partial charge on any atom is 0.149 e. The Hall–Kier alpha value is -0.0600. The Labute approximate surface area is 317 Å². The van der Waals surface area contributed by atoms with Crippen LogP contribution in [-0.2, 0) is 14.2 Å². The molecule has 3 nitrogen and oxygen atoms in total. The fourth-order valence-corrected chi connectivity index (χ4v) is 6.84. The highest BCUT2D eigenvalue weighted by Crippen LogP contribution is 2.18. The second-order valence-electron chi connectivity index (χ2n) is 14.5. The topological polar surface area (TPSA) is 27.7 Å². The lowest BCUT2D eigenvalue weighted by Gasteiger charge is -2.14. The van der Waals surface area contributed by atoms with E-state index in [0.29, 0.717) is 25.4 Å². The smallest absolute Gasteiger partial charge is 0.149 e. The van der Waals surface area contributed by atoms with Crippen LogP contribution < -0.4 is 0 Å². The molecule has 0 aromatic rings. The molecule has 0 aromatic heterocycles. The van der Waals surface area contributed by atoms with E-state index in [2.05, 4.69) is 38.2 Å². The molecular weight excluding hydrogens is 647 g/mol. The van der Waals surface area contributed by atoms with Gasteiger partial charge in [0.15, 0.2) is 0 Å². The summed E-state index contributed by atoms with van der Waals surface area (Å²) in [6.45, 7) is 6.72. The van der Waals surface area contributed by atoms with Gasteiger partial charge >= 0.3 is 0 Å². The molecule has 292 valence electrons. The minimum absolute atomic E-state index is 0.325. The molecule has 49 heavy (non-hydrogen) atoms. The molecule has 0 aliphatic carbocycles. The number of hydrogen-bond acceptors (Lipinski definition) is 3. The van der Waals surface area contributed by atoms with Crippen LogP contribution in [0.4, 0.5) is 0 Å². The fraction of sp³-hybridized carbons (Fsp3) is 0.909. The summed E-state index contributed by atoms with van der Waals surface area (Å²) in [5.41, 5.74) is 0. The Morgan fingerprint density at radius 3 is 1.04 bits per heavy atom. The van der Waals surface area contributed by atoms with Gasteiger partial charge in [-0.25, -0.2) is 0 Å². The number of rotatable bonds is 42. The third kappa shape index (κ3) is 40.6. The van der Waals surface area contributed by atoms with E-state index in [1.54, 1.807) is 0 Å². The van der Waals surface area contributed by atoms with Crippen LogP contribution in [-0.4, -0.2) is 38.6 Å². The molecule has 0 radical (unpaired) electrons. The lowest BCUT2D eigenvalue weighted by atomic mass is 9.97. The second-order valence-corrected chi connectivity index (χ2v) is 15.3. The van der Waals surface area contributed by atoms with Crippen LogP contribution in [0.2, 0.25) is 0 Å². The van der Waals surface area contributed by atoms with Crippen molar-refractivity contribution in [2.75, 3.05) is 38.6 Å². The zero-order chi connectivity index (χ0) is 35.6. The van der Waals surface area contributed by atoms with Crippen LogP contribution >= 0.6 is 23.2 Å². The van der Waals surface area contributed by atoms with Crippen LogP contribution in [0.25, 0.3) is 0 Å². The monoisotopic (exact) mass is 731 g/mol. The molecule has 0 heterocycles. The van der Waals surface area contributed by atoms with Gasteiger partial charge in [0, 0.05) is 25.0 Å². The summed E-state index contributed by atoms with van der Waals surface area (Å²) in [6, 6.07) is 0. The van der Waals surface area contributed by atoms with E-state index in [9.17, 15) is 0 Å². The number of halogens is 2. The van der Waals surface area contributed by atoms with E-state index >= 15 is 0 Å². The molecule has 2 unspecified atom stereocenters. The molecule has 0 rings (SSSR count). The summed E-state index contributed by atoms with van der Waals surface area (Å²) in [4.78, 5) is 0. The highest BCUT2D eigenvalue weighted by atomic mass is 35.5. The van der Waals surface area contributed by atoms with E-state index in [1.165, 1.54) is 180 Å². The summed E-state index contributed by atoms with van der Waals surface area (Å²) in [6.07, 6.45) is 49.0. The maximum atomic E-state index is 5.82. The van der Waals surface area contributed by atoms with Crippen molar-refractivity contribution in [1.29, 1.82) is 0 Å². The van der Waals surface area contributed by atoms with Crippen LogP contribution in [0.5, 0.6) is 0 Å². The minimum Gasteiger partial charge on any atom is -0.355 e. The first-order valence-corrected chi connectivity index (χ1v) is 22.5. The van der Waals surface area contributed by atoms with Crippen LogP contribution in [0.15, 0.2) is 24.3 Å². The summed E-state index contributed by atoms with van der Waals surface area (Å²) in [5.74, 6) is 2.88. The molecule has 0 aliphatic heterocycles. The molecule has 0 spiro atoms. The summed E-state index contributed by atoms with van der Waals surface area (Å²) in [5, 5.41) is 0. The SMILES string of the molecule is CCCCC(C=CCCCCCCCCCCCCCl)CCOCOCOCCC(C=CCCCCCCCCCCCCCl)CCCC. The van der Waals surface area contributed by atoms with Crippen molar-refractivity contribution in [1.82, 2.24) is 0 Å². The predicted octanol–water partition coefficient (Wildman–Crippen LogP) is 15.5. The molecule has 0 saturated heterocycles. The molecule has 2 atom stereocenters. The van der Waals surface area contributed by atoms with Crippen LogP contribution in [0, 0.1) is 11.8 Å². The lowest BCUT2D eigenvalue weighted by molar-refractivity contribution is -0.133. The van der Waals surface area contributed by atoms with Gasteiger partial charge in [0.25, 0.3) is 0 Å². The maximum absolute atomic E-state index is 5.82. The van der Waals surface area contributed by atoms with E-state index in [4.69, 9.17) is 37.4 Å². The fourth-order valence-electron chi connectivity index (χ4n) is 6.46. The van der Waals surface area contributed by atoms with E-state index in [1.807, 2.05) is 0 Å². The number of ether oxygens (including phenoxy) is 3. The molecule has 0 N–H and O–H groups in total. The first-order valence-electron chi connectivity index (χ1n) is 21.5. The number of allylic oxidation sites excluding steroid dienone is 4. The molecule has 0 aliphatic rings. The van der Waals surface area contributed by atoms with E-state index in [-0.39, 0.29) is 0 Å². The van der Waals surface area contributed by atoms with Crippen LogP contribution in [0.3, 0.4) is 0 Å². The van der Waals surface area contributed by atoms with Crippen molar-refractivity contribution in [2.45, 2.75) is 206 Å². The van der Waals surface area contributed by atoms with Crippen molar-refractivity contribution < 1.29 is 14.2 Å². The Balaban J connectivity index is 3.85. The summed E-state index contributed by atoms with van der Waals surface area (Å²) in [7, 11) is 0. The number of unbranched alkanes of at least 4 members (excludes halogenated alkanes) is 22. The highest BCUT2D eigenvalue weighted by molar-refractivity contribution is 6.18. The van der Waals surface area contributed by atoms with Gasteiger partial charge in [-0.05, 0) is 76.0 Å². The van der Waals surface area contributed by atoms with Crippen molar-refractivity contribution in [3.05, 3.63) is 24.3 Å². The van der Waals surface area contributed by atoms with Crippen molar-refractivity contribution in [3.8, 4) is 0 Å². The largest absolute Gasteiger partial charge is 0.355 e. The van der Waals surface area contributed by atoms with Gasteiger partial charge in [0.2, 0.25) is 0 Å². The predicted molar refractivity (Wildman–Crippen MR) is 219 cm³/mol. The van der Waals surface area contributed by atoms with Gasteiger partial charge in [-0.15, -0.1) is 23.2 Å². The normalized spacial score (nSPS) is 13.3. The Bertz CT molecular complexity index is 602. The van der Waals surface area contributed by atoms with Gasteiger partial charge in [0.05, 0.1) is 0 Å². The standard InChI is InChI=1S/C44H84Cl2O3/c1-3-5-31-43(33-27-23-19-15-11-7-9-13-17-21-25-29-37-45)35-39-47-41-49-42-48-40-36-44(32-6-4-2)34-28-24-20-16-12-8-10-14-18-22-26-30-38-46/h27-28,33-34,43-44H,3-26,29-32,35-42H2,1-2H3. The zero-order valence-electron chi connectivity index (χ0n) is 32.9. The lowest BCUT2D eigenvalue weighted by Crippen LogP contribution is -2.10. The van der Waals surface area contributed by atoms with E-state index in [0.717, 1.165) is 37.8 Å². The minimum atomic E-state index is 0.325. The van der Waals surface area contributed by atoms with Gasteiger partial charge in [-0.1, -0.05) is 167 Å². The molecule has 0 saturated carbocycles. The van der Waals surface area contributed by atoms with Gasteiger partial charge in [0.1, 0.15) is 13.6 Å². The average molecular weight is 732 g/mol. The molecule has 0 aromatic carbocycles. The zero-order valence-corrected chi connectivity index (χ0v) is 34.4. The number of alkyl halides is 2. The quantitative estimate of drug-likeness (QED) is 0.0271. The number of hydrogen-bond donors (Lipinski definition) is 0.